The summed E-state index contributed by atoms with van der Waals surface area (Å²) in [6, 6.07) is 11.4. The Balaban J connectivity index is 2.05. The van der Waals surface area contributed by atoms with Gasteiger partial charge >= 0.3 is 0 Å². The predicted octanol–water partition coefficient (Wildman–Crippen LogP) is 2.72. The van der Waals surface area contributed by atoms with Gasteiger partial charge in [-0.25, -0.2) is 0 Å². The highest BCUT2D eigenvalue weighted by Gasteiger charge is 2.08. The van der Waals surface area contributed by atoms with E-state index in [1.807, 2.05) is 43.3 Å². The number of aromatic nitrogens is 3. The fourth-order valence-corrected chi connectivity index (χ4v) is 2.11. The number of halogens is 1. The molecule has 5 nitrogen and oxygen atoms in total. The van der Waals surface area contributed by atoms with Crippen LogP contribution in [0.5, 0.6) is 0 Å². The molecule has 6 heteroatoms. The minimum absolute atomic E-state index is 0.493. The first-order chi connectivity index (χ1) is 9.54. The van der Waals surface area contributed by atoms with E-state index in [4.69, 9.17) is 17.3 Å². The highest BCUT2D eigenvalue weighted by molar-refractivity contribution is 6.33. The molecule has 1 heterocycles. The summed E-state index contributed by atoms with van der Waals surface area (Å²) in [7, 11) is 4.00. The second kappa shape index (κ2) is 4.68. The summed E-state index contributed by atoms with van der Waals surface area (Å²) in [5.41, 5.74) is 9.74. The molecule has 0 fully saturated rings. The number of rotatable bonds is 2. The van der Waals surface area contributed by atoms with Crippen molar-refractivity contribution in [2.45, 2.75) is 0 Å². The van der Waals surface area contributed by atoms with Crippen molar-refractivity contribution in [1.29, 1.82) is 0 Å². The Kier molecular flexibility index (Phi) is 2.99. The molecular formula is C14H14ClN5. The quantitative estimate of drug-likeness (QED) is 0.736. The van der Waals surface area contributed by atoms with Crippen LogP contribution in [0.15, 0.2) is 36.4 Å². The van der Waals surface area contributed by atoms with Crippen LogP contribution in [0.1, 0.15) is 0 Å². The van der Waals surface area contributed by atoms with Gasteiger partial charge in [-0.15, -0.1) is 10.2 Å². The summed E-state index contributed by atoms with van der Waals surface area (Å²) in [5.74, 6) is 0. The lowest BCUT2D eigenvalue weighted by atomic mass is 10.3. The largest absolute Gasteiger partial charge is 0.397 e. The number of nitrogens with two attached hydrogens (primary N) is 1. The van der Waals surface area contributed by atoms with Crippen LogP contribution in [-0.2, 0) is 0 Å². The molecule has 1 aromatic heterocycles. The van der Waals surface area contributed by atoms with Gasteiger partial charge in [-0.3, -0.25) is 0 Å². The lowest BCUT2D eigenvalue weighted by Gasteiger charge is -2.12. The van der Waals surface area contributed by atoms with Crippen LogP contribution in [0.4, 0.5) is 11.4 Å². The molecule has 0 atom stereocenters. The Morgan fingerprint density at radius 1 is 1.05 bits per heavy atom. The van der Waals surface area contributed by atoms with Crippen molar-refractivity contribution < 1.29 is 0 Å². The average molecular weight is 288 g/mol. The van der Waals surface area contributed by atoms with Crippen molar-refractivity contribution in [3.63, 3.8) is 0 Å². The van der Waals surface area contributed by atoms with Crippen molar-refractivity contribution >= 4 is 34.0 Å². The van der Waals surface area contributed by atoms with Gasteiger partial charge in [0.05, 0.1) is 16.4 Å². The van der Waals surface area contributed by atoms with Gasteiger partial charge < -0.3 is 10.6 Å². The van der Waals surface area contributed by atoms with Crippen molar-refractivity contribution in [3.05, 3.63) is 41.4 Å². The van der Waals surface area contributed by atoms with Crippen molar-refractivity contribution in [2.24, 2.45) is 0 Å². The zero-order chi connectivity index (χ0) is 14.3. The summed E-state index contributed by atoms with van der Waals surface area (Å²) < 4.78 is 0. The maximum absolute atomic E-state index is 5.99. The number of hydrogen-bond acceptors (Lipinski definition) is 4. The second-order valence-electron chi connectivity index (χ2n) is 4.76. The Labute approximate surface area is 121 Å². The zero-order valence-corrected chi connectivity index (χ0v) is 12.0. The number of nitrogens with zero attached hydrogens (tertiary/aromatic N) is 4. The average Bonchev–Trinajstić information content (AvgIpc) is 2.82. The van der Waals surface area contributed by atoms with Gasteiger partial charge in [0.25, 0.3) is 0 Å². The van der Waals surface area contributed by atoms with Crippen LogP contribution in [0.3, 0.4) is 0 Å². The third kappa shape index (κ3) is 2.16. The smallest absolute Gasteiger partial charge is 0.115 e. The summed E-state index contributed by atoms with van der Waals surface area (Å²) >= 11 is 5.99. The van der Waals surface area contributed by atoms with E-state index in [-0.39, 0.29) is 0 Å². The van der Waals surface area contributed by atoms with Gasteiger partial charge in [0.2, 0.25) is 0 Å². The van der Waals surface area contributed by atoms with Gasteiger partial charge in [0.15, 0.2) is 0 Å². The van der Waals surface area contributed by atoms with Crippen LogP contribution in [-0.4, -0.2) is 29.1 Å². The number of anilines is 2. The Morgan fingerprint density at radius 2 is 1.65 bits per heavy atom. The van der Waals surface area contributed by atoms with Crippen LogP contribution >= 0.6 is 11.6 Å². The standard InChI is InChI=1S/C14H14ClN5/c1-19(2)9-3-5-10(6-4-9)20-17-13-7-11(15)12(16)8-14(13)18-20/h3-8H,16H2,1-2H3. The van der Waals surface area contributed by atoms with Gasteiger partial charge in [0.1, 0.15) is 11.0 Å². The molecule has 0 bridgehead atoms. The van der Waals surface area contributed by atoms with Crippen molar-refractivity contribution in [2.75, 3.05) is 24.7 Å². The van der Waals surface area contributed by atoms with E-state index in [9.17, 15) is 0 Å². The molecule has 0 aliphatic rings. The predicted molar refractivity (Wildman–Crippen MR) is 82.6 cm³/mol. The molecule has 0 saturated heterocycles. The molecule has 102 valence electrons. The van der Waals surface area contributed by atoms with Crippen LogP contribution in [0.2, 0.25) is 5.02 Å². The minimum atomic E-state index is 0.493. The molecule has 3 aromatic rings. The molecule has 2 N–H and O–H groups in total. The van der Waals surface area contributed by atoms with E-state index in [1.54, 1.807) is 16.9 Å². The molecule has 20 heavy (non-hydrogen) atoms. The minimum Gasteiger partial charge on any atom is -0.397 e. The van der Waals surface area contributed by atoms with Crippen molar-refractivity contribution in [3.8, 4) is 5.69 Å². The Hall–Kier alpha value is -2.27. The third-order valence-electron chi connectivity index (χ3n) is 3.10. The maximum atomic E-state index is 5.99. The second-order valence-corrected chi connectivity index (χ2v) is 5.17. The highest BCUT2D eigenvalue weighted by atomic mass is 35.5. The van der Waals surface area contributed by atoms with Crippen molar-refractivity contribution in [1.82, 2.24) is 15.0 Å². The van der Waals surface area contributed by atoms with E-state index in [0.29, 0.717) is 10.7 Å². The first-order valence-electron chi connectivity index (χ1n) is 6.14. The van der Waals surface area contributed by atoms with Crippen LogP contribution in [0, 0.1) is 0 Å². The van der Waals surface area contributed by atoms with E-state index in [1.165, 1.54) is 0 Å². The molecule has 2 aromatic carbocycles. The topological polar surface area (TPSA) is 60.0 Å². The van der Waals surface area contributed by atoms with E-state index in [2.05, 4.69) is 10.2 Å². The summed E-state index contributed by atoms with van der Waals surface area (Å²) in [6.07, 6.45) is 0. The fraction of sp³-hybridized carbons (Fsp3) is 0.143. The number of benzene rings is 2. The first-order valence-corrected chi connectivity index (χ1v) is 6.52. The number of fused-ring (bicyclic) bond motifs is 1. The van der Waals surface area contributed by atoms with Gasteiger partial charge in [0, 0.05) is 19.8 Å². The summed E-state index contributed by atoms with van der Waals surface area (Å²) in [6.45, 7) is 0. The number of nitrogen functional groups attached to an aromatic ring is 1. The SMILES string of the molecule is CN(C)c1ccc(-n2nc3cc(N)c(Cl)cc3n2)cc1. The normalized spacial score (nSPS) is 10.9. The fourth-order valence-electron chi connectivity index (χ4n) is 1.95. The van der Waals surface area contributed by atoms with E-state index >= 15 is 0 Å². The summed E-state index contributed by atoms with van der Waals surface area (Å²) in [5, 5.41) is 9.32. The Morgan fingerprint density at radius 3 is 2.25 bits per heavy atom. The molecular weight excluding hydrogens is 274 g/mol. The van der Waals surface area contributed by atoms with Gasteiger partial charge in [-0.05, 0) is 36.4 Å². The van der Waals surface area contributed by atoms with Crippen LogP contribution < -0.4 is 10.6 Å². The van der Waals surface area contributed by atoms with Crippen LogP contribution in [0.25, 0.3) is 16.7 Å². The van der Waals surface area contributed by atoms with E-state index in [0.717, 1.165) is 22.4 Å². The molecule has 0 unspecified atom stereocenters. The lowest BCUT2D eigenvalue weighted by molar-refractivity contribution is 0.765. The molecule has 0 saturated carbocycles. The maximum Gasteiger partial charge on any atom is 0.115 e. The summed E-state index contributed by atoms with van der Waals surface area (Å²) in [4.78, 5) is 3.62. The molecule has 0 radical (unpaired) electrons. The van der Waals surface area contributed by atoms with E-state index < -0.39 is 0 Å². The molecule has 0 amide bonds. The highest BCUT2D eigenvalue weighted by Crippen LogP contribution is 2.24. The molecule has 0 aliphatic heterocycles. The first kappa shape index (κ1) is 12.7. The van der Waals surface area contributed by atoms with Gasteiger partial charge in [-0.2, -0.15) is 4.80 Å². The molecule has 3 rings (SSSR count). The lowest BCUT2D eigenvalue weighted by Crippen LogP contribution is -2.08. The molecule has 0 aliphatic carbocycles. The third-order valence-corrected chi connectivity index (χ3v) is 3.42. The zero-order valence-electron chi connectivity index (χ0n) is 11.2. The molecule has 0 spiro atoms. The number of hydrogen-bond donors (Lipinski definition) is 1. The Bertz CT molecular complexity index is 722. The monoisotopic (exact) mass is 287 g/mol. The van der Waals surface area contributed by atoms with Gasteiger partial charge in [-0.1, -0.05) is 11.6 Å².